The van der Waals surface area contributed by atoms with Gasteiger partial charge in [-0.2, -0.15) is 0 Å². The van der Waals surface area contributed by atoms with Crippen LogP contribution in [0.4, 0.5) is 0 Å². The highest BCUT2D eigenvalue weighted by Crippen LogP contribution is 1.95. The molecular weight excluding hydrogens is 240 g/mol. The Morgan fingerprint density at radius 3 is 2.50 bits per heavy atom. The monoisotopic (exact) mass is 260 g/mol. The summed E-state index contributed by atoms with van der Waals surface area (Å²) in [4.78, 5) is 33.2. The number of carboxylic acids is 1. The molecule has 0 rings (SSSR count). The first-order valence-corrected chi connectivity index (χ1v) is 5.82. The van der Waals surface area contributed by atoms with E-state index in [2.05, 4.69) is 5.32 Å². The number of hydrogen-bond donors (Lipinski definition) is 3. The first kappa shape index (κ1) is 16.4. The molecule has 104 valence electrons. The lowest BCUT2D eigenvalue weighted by Gasteiger charge is -2.14. The van der Waals surface area contributed by atoms with Crippen molar-refractivity contribution in [1.82, 2.24) is 5.32 Å². The number of esters is 1. The Balaban J connectivity index is 3.99. The van der Waals surface area contributed by atoms with Crippen LogP contribution >= 0.6 is 0 Å². The van der Waals surface area contributed by atoms with Crippen molar-refractivity contribution in [3.63, 3.8) is 0 Å². The molecule has 2 unspecified atom stereocenters. The van der Waals surface area contributed by atoms with Gasteiger partial charge in [-0.05, 0) is 13.3 Å². The summed E-state index contributed by atoms with van der Waals surface area (Å²) < 4.78 is 4.90. The second-order valence-corrected chi connectivity index (χ2v) is 3.96. The Morgan fingerprint density at radius 1 is 1.39 bits per heavy atom. The highest BCUT2D eigenvalue weighted by Gasteiger charge is 2.20. The number of ether oxygens (including phenoxy) is 1. The minimum absolute atomic E-state index is 0.310. The van der Waals surface area contributed by atoms with Crippen molar-refractivity contribution in [1.29, 1.82) is 0 Å². The van der Waals surface area contributed by atoms with E-state index in [0.717, 1.165) is 12.8 Å². The molecule has 0 aliphatic heterocycles. The highest BCUT2D eigenvalue weighted by atomic mass is 16.5. The molecule has 0 aromatic rings. The van der Waals surface area contributed by atoms with E-state index in [1.54, 1.807) is 0 Å². The number of carboxylic acid groups (broad SMARTS) is 1. The van der Waals surface area contributed by atoms with E-state index in [0.29, 0.717) is 6.61 Å². The number of unbranched alkanes of at least 4 members (excludes halogenated alkanes) is 1. The van der Waals surface area contributed by atoms with Gasteiger partial charge < -0.3 is 20.9 Å². The average molecular weight is 260 g/mol. The second-order valence-electron chi connectivity index (χ2n) is 3.96. The van der Waals surface area contributed by atoms with Gasteiger partial charge in [-0.3, -0.25) is 9.59 Å². The molecule has 0 aliphatic carbocycles. The molecule has 2 atom stereocenters. The average Bonchev–Trinajstić information content (AvgIpc) is 2.28. The number of amides is 1. The van der Waals surface area contributed by atoms with Gasteiger partial charge in [0.1, 0.15) is 12.1 Å². The van der Waals surface area contributed by atoms with Crippen molar-refractivity contribution in [3.05, 3.63) is 0 Å². The van der Waals surface area contributed by atoms with Crippen LogP contribution in [-0.4, -0.2) is 41.6 Å². The maximum atomic E-state index is 11.4. The SMILES string of the molecule is CCCCOC(=O)C(C)NC(=O)CC(N)C(=O)O. The molecule has 0 spiro atoms. The standard InChI is InChI=1S/C11H20N2O5/c1-3-4-5-18-11(17)7(2)13-9(14)6-8(12)10(15)16/h7-8H,3-6,12H2,1-2H3,(H,13,14)(H,15,16). The number of aliphatic carboxylic acids is 1. The molecule has 1 amide bonds. The van der Waals surface area contributed by atoms with Gasteiger partial charge in [-0.1, -0.05) is 13.3 Å². The number of hydrogen-bond acceptors (Lipinski definition) is 5. The lowest BCUT2D eigenvalue weighted by atomic mass is 10.2. The molecule has 7 nitrogen and oxygen atoms in total. The Bertz CT molecular complexity index is 306. The van der Waals surface area contributed by atoms with Crippen LogP contribution < -0.4 is 11.1 Å². The zero-order valence-corrected chi connectivity index (χ0v) is 10.6. The van der Waals surface area contributed by atoms with Gasteiger partial charge in [-0.15, -0.1) is 0 Å². The molecule has 18 heavy (non-hydrogen) atoms. The van der Waals surface area contributed by atoms with Crippen LogP contribution in [0.25, 0.3) is 0 Å². The quantitative estimate of drug-likeness (QED) is 0.405. The van der Waals surface area contributed by atoms with Gasteiger partial charge in [0.15, 0.2) is 0 Å². The Morgan fingerprint density at radius 2 is 2.00 bits per heavy atom. The minimum Gasteiger partial charge on any atom is -0.480 e. The lowest BCUT2D eigenvalue weighted by Crippen LogP contribution is -2.43. The summed E-state index contributed by atoms with van der Waals surface area (Å²) in [7, 11) is 0. The second kappa shape index (κ2) is 8.46. The fraction of sp³-hybridized carbons (Fsp3) is 0.727. The van der Waals surface area contributed by atoms with E-state index in [-0.39, 0.29) is 6.42 Å². The van der Waals surface area contributed by atoms with Crippen molar-refractivity contribution in [2.75, 3.05) is 6.61 Å². The van der Waals surface area contributed by atoms with Crippen molar-refractivity contribution in [2.24, 2.45) is 5.73 Å². The molecule has 0 bridgehead atoms. The number of nitrogens with two attached hydrogens (primary N) is 1. The van der Waals surface area contributed by atoms with E-state index in [4.69, 9.17) is 15.6 Å². The summed E-state index contributed by atoms with van der Waals surface area (Å²) >= 11 is 0. The Labute approximate surface area is 106 Å². The van der Waals surface area contributed by atoms with Crippen LogP contribution in [-0.2, 0) is 19.1 Å². The Kier molecular flexibility index (Phi) is 7.69. The van der Waals surface area contributed by atoms with Crippen LogP contribution in [0.5, 0.6) is 0 Å². The van der Waals surface area contributed by atoms with E-state index < -0.39 is 29.9 Å². The highest BCUT2D eigenvalue weighted by molar-refractivity contribution is 5.87. The van der Waals surface area contributed by atoms with Gasteiger partial charge in [0.2, 0.25) is 5.91 Å². The van der Waals surface area contributed by atoms with Crippen LogP contribution in [0.2, 0.25) is 0 Å². The summed E-state index contributed by atoms with van der Waals surface area (Å²) in [5.41, 5.74) is 5.19. The molecule has 7 heteroatoms. The molecule has 0 fully saturated rings. The lowest BCUT2D eigenvalue weighted by molar-refractivity contribution is -0.147. The minimum atomic E-state index is -1.27. The normalized spacial score (nSPS) is 13.5. The summed E-state index contributed by atoms with van der Waals surface area (Å²) in [6, 6.07) is -2.08. The van der Waals surface area contributed by atoms with Crippen LogP contribution in [0.3, 0.4) is 0 Å². The first-order valence-electron chi connectivity index (χ1n) is 5.82. The third kappa shape index (κ3) is 6.85. The maximum Gasteiger partial charge on any atom is 0.328 e. The van der Waals surface area contributed by atoms with Crippen LogP contribution in [0, 0.1) is 0 Å². The molecule has 4 N–H and O–H groups in total. The maximum absolute atomic E-state index is 11.4. The van der Waals surface area contributed by atoms with Crippen molar-refractivity contribution < 1.29 is 24.2 Å². The van der Waals surface area contributed by atoms with Gasteiger partial charge in [0, 0.05) is 0 Å². The molecule has 0 aromatic carbocycles. The van der Waals surface area contributed by atoms with E-state index in [1.165, 1.54) is 6.92 Å². The van der Waals surface area contributed by atoms with Crippen LogP contribution in [0.15, 0.2) is 0 Å². The summed E-state index contributed by atoms with van der Waals surface area (Å²) in [6.07, 6.45) is 1.29. The number of rotatable bonds is 8. The summed E-state index contributed by atoms with van der Waals surface area (Å²) in [5, 5.41) is 10.9. The molecule has 0 saturated heterocycles. The number of nitrogens with one attached hydrogen (secondary N) is 1. The predicted octanol–water partition coefficient (Wildman–Crippen LogP) is -0.364. The largest absolute Gasteiger partial charge is 0.480 e. The summed E-state index contributed by atoms with van der Waals surface area (Å²) in [6.45, 7) is 3.75. The van der Waals surface area contributed by atoms with E-state index in [1.807, 2.05) is 6.92 Å². The smallest absolute Gasteiger partial charge is 0.328 e. The molecular formula is C11H20N2O5. The molecule has 0 saturated carbocycles. The van der Waals surface area contributed by atoms with Gasteiger partial charge in [0.25, 0.3) is 0 Å². The van der Waals surface area contributed by atoms with E-state index >= 15 is 0 Å². The topological polar surface area (TPSA) is 119 Å². The van der Waals surface area contributed by atoms with Crippen LogP contribution in [0.1, 0.15) is 33.1 Å². The molecule has 0 aromatic heterocycles. The van der Waals surface area contributed by atoms with Crippen molar-refractivity contribution in [2.45, 2.75) is 45.2 Å². The van der Waals surface area contributed by atoms with Crippen molar-refractivity contribution in [3.8, 4) is 0 Å². The van der Waals surface area contributed by atoms with Gasteiger partial charge >= 0.3 is 11.9 Å². The molecule has 0 aliphatic rings. The van der Waals surface area contributed by atoms with Gasteiger partial charge in [-0.25, -0.2) is 4.79 Å². The predicted molar refractivity (Wildman–Crippen MR) is 63.7 cm³/mol. The zero-order chi connectivity index (χ0) is 14.1. The van der Waals surface area contributed by atoms with Gasteiger partial charge in [0.05, 0.1) is 13.0 Å². The molecule has 0 radical (unpaired) electrons. The third-order valence-corrected chi connectivity index (χ3v) is 2.20. The fourth-order valence-corrected chi connectivity index (χ4v) is 1.09. The van der Waals surface area contributed by atoms with Crippen molar-refractivity contribution >= 4 is 17.8 Å². The Hall–Kier alpha value is -1.63. The third-order valence-electron chi connectivity index (χ3n) is 2.20. The number of carbonyl (C=O) groups excluding carboxylic acids is 2. The molecule has 0 heterocycles. The first-order chi connectivity index (χ1) is 8.38. The number of carbonyl (C=O) groups is 3. The van der Waals surface area contributed by atoms with E-state index in [9.17, 15) is 14.4 Å². The zero-order valence-electron chi connectivity index (χ0n) is 10.6. The summed E-state index contributed by atoms with van der Waals surface area (Å²) in [5.74, 6) is -2.39. The fourth-order valence-electron chi connectivity index (χ4n) is 1.09.